The van der Waals surface area contributed by atoms with Crippen molar-refractivity contribution in [3.63, 3.8) is 0 Å². The van der Waals surface area contributed by atoms with E-state index in [1.807, 2.05) is 44.4 Å². The van der Waals surface area contributed by atoms with Gasteiger partial charge in [-0.25, -0.2) is 0 Å². The van der Waals surface area contributed by atoms with Gasteiger partial charge in [0.15, 0.2) is 5.76 Å². The highest BCUT2D eigenvalue weighted by Gasteiger charge is 2.26. The van der Waals surface area contributed by atoms with Crippen molar-refractivity contribution in [3.8, 4) is 0 Å². The molecule has 0 bridgehead atoms. The molecule has 3 rings (SSSR count). The zero-order chi connectivity index (χ0) is 20.3. The zero-order valence-corrected chi connectivity index (χ0v) is 17.5. The largest absolute Gasteiger partial charge is 0.451 e. The highest BCUT2D eigenvalue weighted by atomic mass is 16.3. The van der Waals surface area contributed by atoms with Gasteiger partial charge in [0.2, 0.25) is 0 Å². The van der Waals surface area contributed by atoms with Gasteiger partial charge in [0.1, 0.15) is 5.58 Å². The number of nitrogens with zero attached hydrogens (tertiary/aromatic N) is 1. The summed E-state index contributed by atoms with van der Waals surface area (Å²) in [5.74, 6) is 0.267. The summed E-state index contributed by atoms with van der Waals surface area (Å²) in [7, 11) is 3.99. The average Bonchev–Trinajstić information content (AvgIpc) is 3.00. The molecule has 0 saturated heterocycles. The molecule has 4 heteroatoms. The summed E-state index contributed by atoms with van der Waals surface area (Å²) in [4.78, 5) is 15.1. The Morgan fingerprint density at radius 3 is 2.39 bits per heavy atom. The fourth-order valence-electron chi connectivity index (χ4n) is 3.87. The predicted octanol–water partition coefficient (Wildman–Crippen LogP) is 4.98. The average molecular weight is 379 g/mol. The van der Waals surface area contributed by atoms with E-state index in [1.165, 1.54) is 5.56 Å². The predicted molar refractivity (Wildman–Crippen MR) is 115 cm³/mol. The van der Waals surface area contributed by atoms with Crippen molar-refractivity contribution in [1.29, 1.82) is 0 Å². The maximum atomic E-state index is 13.0. The monoisotopic (exact) mass is 378 g/mol. The number of hydrogen-bond acceptors (Lipinski definition) is 3. The van der Waals surface area contributed by atoms with Crippen LogP contribution in [-0.4, -0.2) is 30.9 Å². The molecular formula is C24H30N2O2. The van der Waals surface area contributed by atoms with Crippen LogP contribution in [0, 0.1) is 0 Å². The van der Waals surface area contributed by atoms with E-state index in [2.05, 4.69) is 55.3 Å². The Bertz CT molecular complexity index is 942. The minimum Gasteiger partial charge on any atom is -0.451 e. The molecule has 3 aromatic rings. The number of para-hydroxylation sites is 1. The highest BCUT2D eigenvalue weighted by Crippen LogP contribution is 2.29. The molecule has 0 fully saturated rings. The van der Waals surface area contributed by atoms with Crippen molar-refractivity contribution in [2.24, 2.45) is 0 Å². The molecule has 1 heterocycles. The van der Waals surface area contributed by atoms with E-state index in [0.717, 1.165) is 23.0 Å². The van der Waals surface area contributed by atoms with Gasteiger partial charge in [-0.05, 0) is 44.5 Å². The molecule has 1 atom stereocenters. The van der Waals surface area contributed by atoms with Gasteiger partial charge in [0.05, 0.1) is 0 Å². The van der Waals surface area contributed by atoms with E-state index in [1.54, 1.807) is 0 Å². The third-order valence-corrected chi connectivity index (χ3v) is 5.13. The second kappa shape index (κ2) is 8.19. The minimum absolute atomic E-state index is 0.0168. The number of fused-ring (bicyclic) bond motifs is 1. The van der Waals surface area contributed by atoms with Gasteiger partial charge in [0, 0.05) is 23.5 Å². The van der Waals surface area contributed by atoms with Crippen LogP contribution in [0.2, 0.25) is 0 Å². The Labute approximate surface area is 167 Å². The molecule has 0 radical (unpaired) electrons. The van der Waals surface area contributed by atoms with Gasteiger partial charge in [-0.15, -0.1) is 0 Å². The Balaban J connectivity index is 1.79. The Kier molecular flexibility index (Phi) is 5.90. The van der Waals surface area contributed by atoms with Crippen molar-refractivity contribution < 1.29 is 9.21 Å². The van der Waals surface area contributed by atoms with Gasteiger partial charge >= 0.3 is 0 Å². The highest BCUT2D eigenvalue weighted by molar-refractivity contribution is 5.99. The quantitative estimate of drug-likeness (QED) is 0.631. The molecule has 1 N–H and O–H groups in total. The number of benzene rings is 2. The SMILES string of the molecule is CC(CC(C)(C)c1ccccc1)NC(=O)c1oc2ccccc2c1CN(C)C. The Morgan fingerprint density at radius 2 is 1.71 bits per heavy atom. The minimum atomic E-state index is -0.149. The maximum Gasteiger partial charge on any atom is 0.287 e. The molecule has 28 heavy (non-hydrogen) atoms. The van der Waals surface area contributed by atoms with Crippen LogP contribution in [0.3, 0.4) is 0 Å². The Hall–Kier alpha value is -2.59. The van der Waals surface area contributed by atoms with Crippen molar-refractivity contribution >= 4 is 16.9 Å². The van der Waals surface area contributed by atoms with Crippen molar-refractivity contribution in [2.75, 3.05) is 14.1 Å². The molecule has 0 spiro atoms. The fourth-order valence-corrected chi connectivity index (χ4v) is 3.87. The molecule has 0 aliphatic heterocycles. The van der Waals surface area contributed by atoms with E-state index in [-0.39, 0.29) is 17.4 Å². The first-order chi connectivity index (χ1) is 13.3. The second-order valence-corrected chi connectivity index (χ2v) is 8.47. The third kappa shape index (κ3) is 4.45. The van der Waals surface area contributed by atoms with Crippen LogP contribution in [0.15, 0.2) is 59.0 Å². The first-order valence-corrected chi connectivity index (χ1v) is 9.79. The molecule has 0 aliphatic carbocycles. The van der Waals surface area contributed by atoms with E-state index in [9.17, 15) is 4.79 Å². The number of hydrogen-bond donors (Lipinski definition) is 1. The van der Waals surface area contributed by atoms with Crippen LogP contribution in [-0.2, 0) is 12.0 Å². The lowest BCUT2D eigenvalue weighted by atomic mass is 9.79. The van der Waals surface area contributed by atoms with E-state index in [4.69, 9.17) is 4.42 Å². The lowest BCUT2D eigenvalue weighted by molar-refractivity contribution is 0.0906. The van der Waals surface area contributed by atoms with E-state index < -0.39 is 0 Å². The van der Waals surface area contributed by atoms with Gasteiger partial charge in [-0.1, -0.05) is 62.4 Å². The summed E-state index contributed by atoms with van der Waals surface area (Å²) in [5.41, 5.74) is 2.93. The van der Waals surface area contributed by atoms with Crippen LogP contribution in [0.25, 0.3) is 11.0 Å². The second-order valence-electron chi connectivity index (χ2n) is 8.47. The summed E-state index contributed by atoms with van der Waals surface area (Å²) in [6, 6.07) is 18.3. The van der Waals surface area contributed by atoms with Crippen LogP contribution < -0.4 is 5.32 Å². The maximum absolute atomic E-state index is 13.0. The summed E-state index contributed by atoms with van der Waals surface area (Å²) >= 11 is 0. The van der Waals surface area contributed by atoms with Gasteiger partial charge in [-0.3, -0.25) is 4.79 Å². The molecule has 0 saturated carbocycles. The van der Waals surface area contributed by atoms with Crippen LogP contribution in [0.5, 0.6) is 0 Å². The zero-order valence-electron chi connectivity index (χ0n) is 17.5. The topological polar surface area (TPSA) is 45.5 Å². The van der Waals surface area contributed by atoms with Gasteiger partial charge in [-0.2, -0.15) is 0 Å². The molecule has 148 valence electrons. The van der Waals surface area contributed by atoms with Crippen LogP contribution in [0.4, 0.5) is 0 Å². The summed E-state index contributed by atoms with van der Waals surface area (Å²) in [5, 5.41) is 4.14. The number of carbonyl (C=O) groups excluding carboxylic acids is 1. The number of rotatable bonds is 7. The lowest BCUT2D eigenvalue weighted by Crippen LogP contribution is -2.37. The summed E-state index contributed by atoms with van der Waals surface area (Å²) < 4.78 is 5.94. The number of nitrogens with one attached hydrogen (secondary N) is 1. The van der Waals surface area contributed by atoms with Gasteiger partial charge < -0.3 is 14.6 Å². The number of furan rings is 1. The van der Waals surface area contributed by atoms with Crippen molar-refractivity contribution in [3.05, 3.63) is 71.5 Å². The fraction of sp³-hybridized carbons (Fsp3) is 0.375. The van der Waals surface area contributed by atoms with Crippen molar-refractivity contribution in [2.45, 2.75) is 45.2 Å². The molecule has 4 nitrogen and oxygen atoms in total. The normalized spacial score (nSPS) is 13.1. The lowest BCUT2D eigenvalue weighted by Gasteiger charge is -2.29. The third-order valence-electron chi connectivity index (χ3n) is 5.13. The summed E-state index contributed by atoms with van der Waals surface area (Å²) in [6.45, 7) is 7.13. The number of carbonyl (C=O) groups is 1. The Morgan fingerprint density at radius 1 is 1.07 bits per heavy atom. The van der Waals surface area contributed by atoms with Gasteiger partial charge in [0.25, 0.3) is 5.91 Å². The first kappa shape index (κ1) is 20.2. The smallest absolute Gasteiger partial charge is 0.287 e. The van der Waals surface area contributed by atoms with Crippen LogP contribution >= 0.6 is 0 Å². The first-order valence-electron chi connectivity index (χ1n) is 9.79. The van der Waals surface area contributed by atoms with Crippen LogP contribution in [0.1, 0.15) is 48.9 Å². The van der Waals surface area contributed by atoms with E-state index >= 15 is 0 Å². The van der Waals surface area contributed by atoms with Crippen molar-refractivity contribution in [1.82, 2.24) is 10.2 Å². The molecular weight excluding hydrogens is 348 g/mol. The molecule has 0 aliphatic rings. The van der Waals surface area contributed by atoms with E-state index in [0.29, 0.717) is 12.3 Å². The molecule has 2 aromatic carbocycles. The molecule has 1 unspecified atom stereocenters. The molecule has 1 amide bonds. The summed E-state index contributed by atoms with van der Waals surface area (Å²) in [6.07, 6.45) is 0.839. The number of amides is 1. The molecule has 1 aromatic heterocycles. The standard InChI is InChI=1S/C24H30N2O2/c1-17(15-24(2,3)18-11-7-6-8-12-18)25-23(27)22-20(16-26(4)5)19-13-9-10-14-21(19)28-22/h6-14,17H,15-16H2,1-5H3,(H,25,27).